The molecule has 1 heterocycles. The molecule has 1 atom stereocenters. The highest BCUT2D eigenvalue weighted by Crippen LogP contribution is 2.36. The Morgan fingerprint density at radius 3 is 2.65 bits per heavy atom. The van der Waals surface area contributed by atoms with Gasteiger partial charge in [-0.05, 0) is 54.3 Å². The maximum atomic E-state index is 14.9. The molecule has 5 rings (SSSR count). The predicted octanol–water partition coefficient (Wildman–Crippen LogP) is 5.83. The highest BCUT2D eigenvalue weighted by Gasteiger charge is 2.26. The van der Waals surface area contributed by atoms with E-state index in [0.717, 1.165) is 30.5 Å². The summed E-state index contributed by atoms with van der Waals surface area (Å²) in [5.41, 5.74) is 2.78. The van der Waals surface area contributed by atoms with Gasteiger partial charge in [0, 0.05) is 17.1 Å². The van der Waals surface area contributed by atoms with Crippen molar-refractivity contribution in [2.75, 3.05) is 4.72 Å². The van der Waals surface area contributed by atoms with Gasteiger partial charge < -0.3 is 10.3 Å². The summed E-state index contributed by atoms with van der Waals surface area (Å²) < 4.78 is 43.1. The van der Waals surface area contributed by atoms with Crippen LogP contribution in [-0.2, 0) is 16.4 Å². The van der Waals surface area contributed by atoms with Crippen LogP contribution in [0.15, 0.2) is 65.7 Å². The van der Waals surface area contributed by atoms with Crippen molar-refractivity contribution in [3.05, 3.63) is 93.3 Å². The largest absolute Gasteiger partial charge is 0.358 e. The first-order valence-corrected chi connectivity index (χ1v) is 12.6. The van der Waals surface area contributed by atoms with Gasteiger partial charge in [-0.25, -0.2) is 12.8 Å². The van der Waals surface area contributed by atoms with Crippen molar-refractivity contribution in [1.29, 1.82) is 0 Å². The molecule has 6 nitrogen and oxygen atoms in total. The van der Waals surface area contributed by atoms with Crippen molar-refractivity contribution in [2.24, 2.45) is 0 Å². The van der Waals surface area contributed by atoms with Gasteiger partial charge in [-0.3, -0.25) is 9.52 Å². The van der Waals surface area contributed by atoms with Crippen LogP contribution in [0.3, 0.4) is 0 Å². The lowest BCUT2D eigenvalue weighted by Crippen LogP contribution is -2.27. The maximum Gasteiger partial charge on any atom is 0.264 e. The molecule has 174 valence electrons. The van der Waals surface area contributed by atoms with Crippen LogP contribution in [0.2, 0.25) is 10.0 Å². The van der Waals surface area contributed by atoms with Crippen molar-refractivity contribution in [2.45, 2.75) is 23.8 Å². The van der Waals surface area contributed by atoms with E-state index in [2.05, 4.69) is 15.0 Å². The van der Waals surface area contributed by atoms with Gasteiger partial charge >= 0.3 is 0 Å². The molecule has 10 heteroatoms. The zero-order valence-electron chi connectivity index (χ0n) is 17.5. The minimum Gasteiger partial charge on any atom is -0.358 e. The van der Waals surface area contributed by atoms with Crippen LogP contribution < -0.4 is 10.0 Å². The molecule has 0 radical (unpaired) electrons. The van der Waals surface area contributed by atoms with Gasteiger partial charge in [0.2, 0.25) is 0 Å². The van der Waals surface area contributed by atoms with Gasteiger partial charge in [0.1, 0.15) is 10.7 Å². The van der Waals surface area contributed by atoms with Crippen LogP contribution in [0.5, 0.6) is 0 Å². The van der Waals surface area contributed by atoms with E-state index in [9.17, 15) is 17.6 Å². The van der Waals surface area contributed by atoms with Gasteiger partial charge in [0.15, 0.2) is 0 Å². The molecule has 0 bridgehead atoms. The average Bonchev–Trinajstić information content (AvgIpc) is 3.40. The van der Waals surface area contributed by atoms with Crippen LogP contribution in [0.1, 0.15) is 33.9 Å². The number of sulfonamides is 1. The number of aryl methyl sites for hydroxylation is 1. The number of hydrogen-bond donors (Lipinski definition) is 3. The highest BCUT2D eigenvalue weighted by molar-refractivity contribution is 7.92. The normalized spacial score (nSPS) is 15.3. The van der Waals surface area contributed by atoms with E-state index >= 15 is 0 Å². The lowest BCUT2D eigenvalue weighted by atomic mass is 10.1. The molecule has 0 saturated carbocycles. The summed E-state index contributed by atoms with van der Waals surface area (Å²) in [7, 11) is -4.31. The van der Waals surface area contributed by atoms with Crippen molar-refractivity contribution >= 4 is 55.7 Å². The summed E-state index contributed by atoms with van der Waals surface area (Å²) in [6, 6.07) is 13.9. The van der Waals surface area contributed by atoms with Crippen LogP contribution >= 0.6 is 23.2 Å². The fourth-order valence-corrected chi connectivity index (χ4v) is 5.95. The van der Waals surface area contributed by atoms with Crippen molar-refractivity contribution in [3.8, 4) is 0 Å². The molecule has 0 saturated heterocycles. The number of carbonyl (C=O) groups is 1. The molecule has 3 N–H and O–H groups in total. The summed E-state index contributed by atoms with van der Waals surface area (Å²) in [6.07, 6.45) is 3.08. The van der Waals surface area contributed by atoms with E-state index in [0.29, 0.717) is 20.9 Å². The molecule has 0 fully saturated rings. The number of anilines is 1. The minimum absolute atomic E-state index is 0.0332. The van der Waals surface area contributed by atoms with Gasteiger partial charge in [-0.2, -0.15) is 0 Å². The summed E-state index contributed by atoms with van der Waals surface area (Å²) >= 11 is 12.3. The Bertz CT molecular complexity index is 1550. The molecular formula is C24H18Cl2FN3O3S. The Balaban J connectivity index is 1.38. The second kappa shape index (κ2) is 8.61. The van der Waals surface area contributed by atoms with Crippen LogP contribution in [0.25, 0.3) is 10.9 Å². The number of hydrogen-bond acceptors (Lipinski definition) is 3. The summed E-state index contributed by atoms with van der Waals surface area (Å²) in [5.74, 6) is -1.51. The third-order valence-electron chi connectivity index (χ3n) is 5.90. The first-order chi connectivity index (χ1) is 16.2. The number of amides is 1. The molecule has 1 amide bonds. The quantitative estimate of drug-likeness (QED) is 0.311. The second-order valence-electron chi connectivity index (χ2n) is 8.00. The number of aromatic nitrogens is 1. The summed E-state index contributed by atoms with van der Waals surface area (Å²) in [6.45, 7) is 0. The minimum atomic E-state index is -4.31. The Kier molecular flexibility index (Phi) is 5.75. The van der Waals surface area contributed by atoms with E-state index in [1.54, 1.807) is 0 Å². The number of benzene rings is 3. The third kappa shape index (κ3) is 4.02. The fraction of sp³-hybridized carbons (Fsp3) is 0.125. The SMILES string of the molecule is O=C(N[C@H]1CCc2ccccc21)c1ccc(S(=O)(=O)Nc2ccc(Cl)c3c(Cl)c[nH]c23)c(F)c1. The maximum absolute atomic E-state index is 14.9. The predicted molar refractivity (Wildman–Crippen MR) is 130 cm³/mol. The molecule has 3 aromatic carbocycles. The number of H-pyrrole nitrogens is 1. The molecule has 1 aromatic heterocycles. The number of aromatic amines is 1. The molecule has 0 spiro atoms. The van der Waals surface area contributed by atoms with Crippen molar-refractivity contribution in [3.63, 3.8) is 0 Å². The Labute approximate surface area is 205 Å². The van der Waals surface area contributed by atoms with E-state index in [1.807, 2.05) is 24.3 Å². The lowest BCUT2D eigenvalue weighted by molar-refractivity contribution is 0.0936. The summed E-state index contributed by atoms with van der Waals surface area (Å²) in [5, 5.41) is 4.02. The van der Waals surface area contributed by atoms with Gasteiger partial charge in [0.25, 0.3) is 15.9 Å². The van der Waals surface area contributed by atoms with Gasteiger partial charge in [-0.15, -0.1) is 0 Å². The smallest absolute Gasteiger partial charge is 0.264 e. The zero-order valence-corrected chi connectivity index (χ0v) is 19.9. The number of nitrogens with one attached hydrogen (secondary N) is 3. The van der Waals surface area contributed by atoms with Crippen molar-refractivity contribution < 1.29 is 17.6 Å². The molecule has 0 aliphatic heterocycles. The molecule has 1 aliphatic carbocycles. The molecule has 1 aliphatic rings. The van der Waals surface area contributed by atoms with E-state index < -0.39 is 26.6 Å². The first-order valence-electron chi connectivity index (χ1n) is 10.4. The molecule has 0 unspecified atom stereocenters. The summed E-state index contributed by atoms with van der Waals surface area (Å²) in [4.78, 5) is 15.0. The van der Waals surface area contributed by atoms with E-state index in [-0.39, 0.29) is 17.3 Å². The van der Waals surface area contributed by atoms with Crippen LogP contribution in [-0.4, -0.2) is 19.3 Å². The molecule has 34 heavy (non-hydrogen) atoms. The first kappa shape index (κ1) is 22.7. The van der Waals surface area contributed by atoms with E-state index in [4.69, 9.17) is 23.2 Å². The highest BCUT2D eigenvalue weighted by atomic mass is 35.5. The second-order valence-corrected chi connectivity index (χ2v) is 10.5. The van der Waals surface area contributed by atoms with Crippen LogP contribution in [0.4, 0.5) is 10.1 Å². The standard InChI is InChI=1S/C24H18Cl2FN3O3S/c25-16-7-9-20(23-22(16)17(26)12-28-23)30-34(32,33)21-10-6-14(11-18(21)27)24(31)29-19-8-5-13-3-1-2-4-15(13)19/h1-4,6-7,9-12,19,28,30H,5,8H2,(H,29,31)/t19-/m0/s1. The number of halogens is 3. The van der Waals surface area contributed by atoms with E-state index in [1.165, 1.54) is 30.0 Å². The topological polar surface area (TPSA) is 91.1 Å². The number of rotatable bonds is 5. The average molecular weight is 518 g/mol. The van der Waals surface area contributed by atoms with Crippen molar-refractivity contribution in [1.82, 2.24) is 10.3 Å². The third-order valence-corrected chi connectivity index (χ3v) is 7.91. The van der Waals surface area contributed by atoms with Gasteiger partial charge in [-0.1, -0.05) is 47.5 Å². The number of fused-ring (bicyclic) bond motifs is 2. The Hall–Kier alpha value is -3.07. The van der Waals surface area contributed by atoms with Gasteiger partial charge in [0.05, 0.1) is 27.3 Å². The Morgan fingerprint density at radius 2 is 1.85 bits per heavy atom. The Morgan fingerprint density at radius 1 is 1.06 bits per heavy atom. The molecular weight excluding hydrogens is 500 g/mol. The fourth-order valence-electron chi connectivity index (χ4n) is 4.26. The van der Waals surface area contributed by atoms with Crippen LogP contribution in [0, 0.1) is 5.82 Å². The number of carbonyl (C=O) groups excluding carboxylic acids is 1. The lowest BCUT2D eigenvalue weighted by Gasteiger charge is -2.15. The molecule has 4 aromatic rings. The monoisotopic (exact) mass is 517 g/mol. The zero-order chi connectivity index (χ0) is 24.0.